The van der Waals surface area contributed by atoms with Crippen molar-refractivity contribution in [3.63, 3.8) is 0 Å². The predicted molar refractivity (Wildman–Crippen MR) is 112 cm³/mol. The molecule has 0 atom stereocenters. The Morgan fingerprint density at radius 2 is 1.75 bits per heavy atom. The molecule has 1 saturated heterocycles. The molecule has 28 heavy (non-hydrogen) atoms. The van der Waals surface area contributed by atoms with Crippen molar-refractivity contribution in [2.45, 2.75) is 45.6 Å². The molecule has 4 rings (SSSR count). The van der Waals surface area contributed by atoms with E-state index in [9.17, 15) is 4.79 Å². The van der Waals surface area contributed by atoms with Crippen LogP contribution >= 0.6 is 0 Å². The van der Waals surface area contributed by atoms with Crippen LogP contribution in [0.15, 0.2) is 30.6 Å². The van der Waals surface area contributed by atoms with Crippen molar-refractivity contribution in [2.24, 2.45) is 0 Å². The van der Waals surface area contributed by atoms with Gasteiger partial charge in [0.25, 0.3) is 5.91 Å². The Labute approximate surface area is 167 Å². The lowest BCUT2D eigenvalue weighted by Gasteiger charge is -2.37. The molecule has 6 nitrogen and oxygen atoms in total. The molecule has 0 spiro atoms. The number of carbonyl (C=O) groups excluding carboxylic acids is 1. The number of hydrogen-bond donors (Lipinski definition) is 1. The summed E-state index contributed by atoms with van der Waals surface area (Å²) in [5, 5.41) is 3.11. The zero-order chi connectivity index (χ0) is 19.5. The summed E-state index contributed by atoms with van der Waals surface area (Å²) in [6, 6.07) is 8.62. The number of piperazine rings is 1. The summed E-state index contributed by atoms with van der Waals surface area (Å²) in [5.74, 6) is 0.761. The Morgan fingerprint density at radius 3 is 2.50 bits per heavy atom. The maximum absolute atomic E-state index is 12.5. The summed E-state index contributed by atoms with van der Waals surface area (Å²) in [5.41, 5.74) is 4.46. The highest BCUT2D eigenvalue weighted by Crippen LogP contribution is 2.25. The number of hydrogen-bond acceptors (Lipinski definition) is 5. The monoisotopic (exact) mass is 379 g/mol. The van der Waals surface area contributed by atoms with Crippen molar-refractivity contribution in [1.29, 1.82) is 0 Å². The Morgan fingerprint density at radius 1 is 1.04 bits per heavy atom. The van der Waals surface area contributed by atoms with Crippen LogP contribution in [-0.2, 0) is 0 Å². The quantitative estimate of drug-likeness (QED) is 0.885. The number of carbonyl (C=O) groups is 1. The zero-order valence-corrected chi connectivity index (χ0v) is 16.8. The third kappa shape index (κ3) is 3.96. The van der Waals surface area contributed by atoms with E-state index in [-0.39, 0.29) is 5.91 Å². The standard InChI is InChI=1S/C22H29N5O/c1-16-6-5-9-20(17(16)2)26-10-12-27(13-11-26)21-14-19(23-15-24-21)22(28)25-18-7-3-4-8-18/h5-6,9,14-15,18H,3-4,7-8,10-13H2,1-2H3,(H,25,28). The molecule has 1 amide bonds. The molecule has 1 aliphatic heterocycles. The maximum atomic E-state index is 12.5. The summed E-state index contributed by atoms with van der Waals surface area (Å²) >= 11 is 0. The topological polar surface area (TPSA) is 61.4 Å². The largest absolute Gasteiger partial charge is 0.368 e. The predicted octanol–water partition coefficient (Wildman–Crippen LogP) is 3.09. The van der Waals surface area contributed by atoms with E-state index < -0.39 is 0 Å². The first-order chi connectivity index (χ1) is 13.6. The minimum Gasteiger partial charge on any atom is -0.368 e. The summed E-state index contributed by atoms with van der Waals surface area (Å²) in [4.78, 5) is 25.8. The van der Waals surface area contributed by atoms with Gasteiger partial charge in [0.05, 0.1) is 0 Å². The first-order valence-electron chi connectivity index (χ1n) is 10.3. The van der Waals surface area contributed by atoms with Crippen LogP contribution in [0, 0.1) is 13.8 Å². The fourth-order valence-electron chi connectivity index (χ4n) is 4.23. The SMILES string of the molecule is Cc1cccc(N2CCN(c3cc(C(=O)NC4CCCC4)ncn3)CC2)c1C. The zero-order valence-electron chi connectivity index (χ0n) is 16.8. The summed E-state index contributed by atoms with van der Waals surface area (Å²) in [7, 11) is 0. The molecule has 1 saturated carbocycles. The van der Waals surface area contributed by atoms with E-state index in [4.69, 9.17) is 0 Å². The van der Waals surface area contributed by atoms with Gasteiger partial charge in [-0.05, 0) is 43.9 Å². The Hall–Kier alpha value is -2.63. The second-order valence-corrected chi connectivity index (χ2v) is 7.91. The van der Waals surface area contributed by atoms with E-state index in [1.54, 1.807) is 0 Å². The highest BCUT2D eigenvalue weighted by Gasteiger charge is 2.22. The molecule has 1 N–H and O–H groups in total. The Balaban J connectivity index is 1.40. The van der Waals surface area contributed by atoms with Gasteiger partial charge in [-0.25, -0.2) is 9.97 Å². The molecule has 2 heterocycles. The van der Waals surface area contributed by atoms with Crippen molar-refractivity contribution in [3.8, 4) is 0 Å². The van der Waals surface area contributed by atoms with Gasteiger partial charge in [-0.3, -0.25) is 4.79 Å². The van der Waals surface area contributed by atoms with Gasteiger partial charge >= 0.3 is 0 Å². The first kappa shape index (κ1) is 18.7. The van der Waals surface area contributed by atoms with Crippen LogP contribution in [0.3, 0.4) is 0 Å². The van der Waals surface area contributed by atoms with E-state index in [1.165, 1.54) is 36.0 Å². The van der Waals surface area contributed by atoms with Crippen LogP contribution < -0.4 is 15.1 Å². The van der Waals surface area contributed by atoms with Crippen LogP contribution in [0.25, 0.3) is 0 Å². The van der Waals surface area contributed by atoms with Gasteiger partial charge < -0.3 is 15.1 Å². The summed E-state index contributed by atoms with van der Waals surface area (Å²) in [6.07, 6.45) is 6.05. The molecule has 148 valence electrons. The lowest BCUT2D eigenvalue weighted by atomic mass is 10.1. The fraction of sp³-hybridized carbons (Fsp3) is 0.500. The van der Waals surface area contributed by atoms with E-state index in [1.807, 2.05) is 6.07 Å². The van der Waals surface area contributed by atoms with E-state index in [0.29, 0.717) is 11.7 Å². The van der Waals surface area contributed by atoms with Gasteiger partial charge in [-0.1, -0.05) is 25.0 Å². The molecule has 6 heteroatoms. The molecule has 1 aliphatic carbocycles. The molecule has 1 aromatic heterocycles. The molecule has 0 bridgehead atoms. The second-order valence-electron chi connectivity index (χ2n) is 7.91. The van der Waals surface area contributed by atoms with Crippen molar-refractivity contribution in [3.05, 3.63) is 47.4 Å². The number of anilines is 2. The molecular formula is C22H29N5O. The number of aryl methyl sites for hydroxylation is 1. The van der Waals surface area contributed by atoms with Gasteiger partial charge in [0.2, 0.25) is 0 Å². The first-order valence-corrected chi connectivity index (χ1v) is 10.3. The normalized spacial score (nSPS) is 17.8. The van der Waals surface area contributed by atoms with E-state index in [0.717, 1.165) is 44.8 Å². The number of aromatic nitrogens is 2. The summed E-state index contributed by atoms with van der Waals surface area (Å²) < 4.78 is 0. The number of amides is 1. The molecule has 2 aromatic rings. The van der Waals surface area contributed by atoms with Crippen molar-refractivity contribution in [1.82, 2.24) is 15.3 Å². The lowest BCUT2D eigenvalue weighted by molar-refractivity contribution is 0.0932. The van der Waals surface area contributed by atoms with Crippen LogP contribution in [0.2, 0.25) is 0 Å². The fourth-order valence-corrected chi connectivity index (χ4v) is 4.23. The van der Waals surface area contributed by atoms with Gasteiger partial charge in [0.15, 0.2) is 0 Å². The van der Waals surface area contributed by atoms with Crippen LogP contribution in [0.5, 0.6) is 0 Å². The number of nitrogens with one attached hydrogen (secondary N) is 1. The molecular weight excluding hydrogens is 350 g/mol. The van der Waals surface area contributed by atoms with Gasteiger partial charge in [0, 0.05) is 44.0 Å². The highest BCUT2D eigenvalue weighted by atomic mass is 16.1. The molecule has 2 fully saturated rings. The smallest absolute Gasteiger partial charge is 0.270 e. The van der Waals surface area contributed by atoms with Crippen LogP contribution in [0.4, 0.5) is 11.5 Å². The average Bonchev–Trinajstić information content (AvgIpc) is 3.23. The number of rotatable bonds is 4. The number of nitrogens with zero attached hydrogens (tertiary/aromatic N) is 4. The van der Waals surface area contributed by atoms with Gasteiger partial charge in [-0.15, -0.1) is 0 Å². The minimum atomic E-state index is -0.0791. The third-order valence-corrected chi connectivity index (χ3v) is 6.10. The number of benzene rings is 1. The molecule has 1 aromatic carbocycles. The van der Waals surface area contributed by atoms with Crippen LogP contribution in [-0.4, -0.2) is 48.1 Å². The Kier molecular flexibility index (Phi) is 5.46. The third-order valence-electron chi connectivity index (χ3n) is 6.10. The van der Waals surface area contributed by atoms with E-state index in [2.05, 4.69) is 57.1 Å². The highest BCUT2D eigenvalue weighted by molar-refractivity contribution is 5.93. The maximum Gasteiger partial charge on any atom is 0.270 e. The average molecular weight is 380 g/mol. The minimum absolute atomic E-state index is 0.0791. The molecule has 0 radical (unpaired) electrons. The van der Waals surface area contributed by atoms with Crippen LogP contribution in [0.1, 0.15) is 47.3 Å². The van der Waals surface area contributed by atoms with Gasteiger partial charge in [0.1, 0.15) is 17.8 Å². The summed E-state index contributed by atoms with van der Waals surface area (Å²) in [6.45, 7) is 8.00. The van der Waals surface area contributed by atoms with E-state index >= 15 is 0 Å². The van der Waals surface area contributed by atoms with Crippen molar-refractivity contribution >= 4 is 17.4 Å². The van der Waals surface area contributed by atoms with Gasteiger partial charge in [-0.2, -0.15) is 0 Å². The van der Waals surface area contributed by atoms with Crippen molar-refractivity contribution < 1.29 is 4.79 Å². The second kappa shape index (κ2) is 8.17. The Bertz CT molecular complexity index is 839. The molecule has 0 unspecified atom stereocenters. The lowest BCUT2D eigenvalue weighted by Crippen LogP contribution is -2.47. The van der Waals surface area contributed by atoms with Crippen molar-refractivity contribution in [2.75, 3.05) is 36.0 Å². The molecule has 2 aliphatic rings.